The zero-order valence-electron chi connectivity index (χ0n) is 11.0. The minimum Gasteiger partial charge on any atom is -0.484 e. The second kappa shape index (κ2) is 6.04. The fourth-order valence-electron chi connectivity index (χ4n) is 1.61. The van der Waals surface area contributed by atoms with Gasteiger partial charge in [-0.25, -0.2) is 4.98 Å². The lowest BCUT2D eigenvalue weighted by molar-refractivity contribution is -0.118. The molecule has 1 heterocycles. The van der Waals surface area contributed by atoms with Crippen LogP contribution in [0.15, 0.2) is 36.7 Å². The molecule has 100 valence electrons. The summed E-state index contributed by atoms with van der Waals surface area (Å²) in [7, 11) is 0. The number of nitrogens with one attached hydrogen (secondary N) is 2. The number of benzene rings is 1. The molecule has 5 nitrogen and oxygen atoms in total. The lowest BCUT2D eigenvalue weighted by Gasteiger charge is -2.09. The van der Waals surface area contributed by atoms with Crippen LogP contribution in [0.25, 0.3) is 0 Å². The molecular weight excluding hydrogens is 242 g/mol. The fourth-order valence-corrected chi connectivity index (χ4v) is 1.61. The van der Waals surface area contributed by atoms with Crippen molar-refractivity contribution in [3.05, 3.63) is 42.2 Å². The highest BCUT2D eigenvalue weighted by Gasteiger charge is 2.06. The summed E-state index contributed by atoms with van der Waals surface area (Å²) in [5.41, 5.74) is 1.18. The van der Waals surface area contributed by atoms with Crippen molar-refractivity contribution >= 4 is 11.9 Å². The van der Waals surface area contributed by atoms with Crippen LogP contribution in [0.3, 0.4) is 0 Å². The van der Waals surface area contributed by atoms with Crippen LogP contribution in [-0.4, -0.2) is 22.5 Å². The Bertz CT molecular complexity index is 535. The Kier molecular flexibility index (Phi) is 4.18. The topological polar surface area (TPSA) is 67.0 Å². The predicted octanol–water partition coefficient (Wildman–Crippen LogP) is 2.55. The Hall–Kier alpha value is -2.30. The number of H-pyrrole nitrogens is 1. The molecule has 2 N–H and O–H groups in total. The van der Waals surface area contributed by atoms with Crippen molar-refractivity contribution in [1.29, 1.82) is 0 Å². The van der Waals surface area contributed by atoms with E-state index < -0.39 is 0 Å². The van der Waals surface area contributed by atoms with Crippen LogP contribution < -0.4 is 10.1 Å². The van der Waals surface area contributed by atoms with Crippen LogP contribution in [0.5, 0.6) is 5.75 Å². The van der Waals surface area contributed by atoms with Crippen LogP contribution in [0.1, 0.15) is 25.3 Å². The summed E-state index contributed by atoms with van der Waals surface area (Å²) < 4.78 is 5.45. The van der Waals surface area contributed by atoms with Crippen molar-refractivity contribution in [2.24, 2.45) is 0 Å². The maximum absolute atomic E-state index is 11.6. The molecule has 0 aliphatic carbocycles. The van der Waals surface area contributed by atoms with E-state index in [9.17, 15) is 4.79 Å². The van der Waals surface area contributed by atoms with Gasteiger partial charge in [0.2, 0.25) is 5.95 Å². The van der Waals surface area contributed by atoms with Gasteiger partial charge in [0.1, 0.15) is 5.75 Å². The molecule has 2 rings (SSSR count). The van der Waals surface area contributed by atoms with E-state index in [1.807, 2.05) is 24.3 Å². The Morgan fingerprint density at radius 1 is 1.47 bits per heavy atom. The van der Waals surface area contributed by atoms with Gasteiger partial charge in [0.15, 0.2) is 6.61 Å². The second-order valence-corrected chi connectivity index (χ2v) is 4.50. The fraction of sp³-hybridized carbons (Fsp3) is 0.286. The largest absolute Gasteiger partial charge is 0.484 e. The van der Waals surface area contributed by atoms with E-state index in [1.165, 1.54) is 5.56 Å². The molecule has 19 heavy (non-hydrogen) atoms. The summed E-state index contributed by atoms with van der Waals surface area (Å²) in [6.07, 6.45) is 3.21. The van der Waals surface area contributed by atoms with Crippen molar-refractivity contribution in [2.75, 3.05) is 11.9 Å². The summed E-state index contributed by atoms with van der Waals surface area (Å²) in [4.78, 5) is 18.3. The number of hydrogen-bond donors (Lipinski definition) is 2. The summed E-state index contributed by atoms with van der Waals surface area (Å²) in [6, 6.07) is 7.76. The van der Waals surface area contributed by atoms with Crippen molar-refractivity contribution < 1.29 is 9.53 Å². The maximum atomic E-state index is 11.6. The molecule has 0 atom stereocenters. The van der Waals surface area contributed by atoms with Crippen LogP contribution in [-0.2, 0) is 4.79 Å². The first kappa shape index (κ1) is 13.1. The monoisotopic (exact) mass is 259 g/mol. The molecule has 1 aromatic heterocycles. The zero-order valence-corrected chi connectivity index (χ0v) is 11.0. The number of aromatic nitrogens is 2. The van der Waals surface area contributed by atoms with Gasteiger partial charge in [-0.3, -0.25) is 10.1 Å². The van der Waals surface area contributed by atoms with Crippen LogP contribution in [0, 0.1) is 0 Å². The number of nitrogens with zero attached hydrogens (tertiary/aromatic N) is 1. The minimum absolute atomic E-state index is 0.0394. The maximum Gasteiger partial charge on any atom is 0.264 e. The molecule has 0 fully saturated rings. The van der Waals surface area contributed by atoms with Gasteiger partial charge in [0.25, 0.3) is 5.91 Å². The highest BCUT2D eigenvalue weighted by atomic mass is 16.5. The lowest BCUT2D eigenvalue weighted by Crippen LogP contribution is -2.20. The van der Waals surface area contributed by atoms with Gasteiger partial charge >= 0.3 is 0 Å². The first-order valence-electron chi connectivity index (χ1n) is 6.17. The van der Waals surface area contributed by atoms with E-state index in [1.54, 1.807) is 12.4 Å². The molecule has 1 amide bonds. The number of hydrogen-bond acceptors (Lipinski definition) is 3. The summed E-state index contributed by atoms with van der Waals surface area (Å²) in [6.45, 7) is 4.19. The van der Waals surface area contributed by atoms with E-state index in [-0.39, 0.29) is 12.5 Å². The van der Waals surface area contributed by atoms with Crippen molar-refractivity contribution in [1.82, 2.24) is 9.97 Å². The molecule has 0 saturated carbocycles. The minimum atomic E-state index is -0.245. The van der Waals surface area contributed by atoms with E-state index in [0.29, 0.717) is 17.6 Å². The molecule has 0 spiro atoms. The SMILES string of the molecule is CC(C)c1cccc(OCC(=O)Nc2ncc[nH]2)c1. The predicted molar refractivity (Wildman–Crippen MR) is 73.2 cm³/mol. The lowest BCUT2D eigenvalue weighted by atomic mass is 10.0. The van der Waals surface area contributed by atoms with Gasteiger partial charge < -0.3 is 9.72 Å². The molecule has 2 aromatic rings. The molecule has 0 saturated heterocycles. The van der Waals surface area contributed by atoms with Crippen molar-refractivity contribution in [3.63, 3.8) is 0 Å². The number of carbonyl (C=O) groups excluding carboxylic acids is 1. The number of ether oxygens (including phenoxy) is 1. The highest BCUT2D eigenvalue weighted by molar-refractivity contribution is 5.90. The van der Waals surface area contributed by atoms with E-state index >= 15 is 0 Å². The standard InChI is InChI=1S/C14H17N3O2/c1-10(2)11-4-3-5-12(8-11)19-9-13(18)17-14-15-6-7-16-14/h3-8,10H,9H2,1-2H3,(H2,15,16,17,18). The van der Waals surface area contributed by atoms with E-state index in [2.05, 4.69) is 29.1 Å². The molecule has 1 aromatic carbocycles. The second-order valence-electron chi connectivity index (χ2n) is 4.50. The summed E-state index contributed by atoms with van der Waals surface area (Å²) in [5, 5.41) is 2.60. The summed E-state index contributed by atoms with van der Waals surface area (Å²) >= 11 is 0. The van der Waals surface area contributed by atoms with Crippen molar-refractivity contribution in [2.45, 2.75) is 19.8 Å². The zero-order chi connectivity index (χ0) is 13.7. The molecule has 0 aliphatic heterocycles. The number of rotatable bonds is 5. The average molecular weight is 259 g/mol. The molecule has 5 heteroatoms. The summed E-state index contributed by atoms with van der Waals surface area (Å²) in [5.74, 6) is 1.30. The first-order chi connectivity index (χ1) is 9.15. The van der Waals surface area contributed by atoms with Gasteiger partial charge in [-0.1, -0.05) is 26.0 Å². The molecule has 0 aliphatic rings. The van der Waals surface area contributed by atoms with E-state index in [0.717, 1.165) is 0 Å². The average Bonchev–Trinajstić information content (AvgIpc) is 2.89. The van der Waals surface area contributed by atoms with Gasteiger partial charge in [0.05, 0.1) is 0 Å². The smallest absolute Gasteiger partial charge is 0.264 e. The molecule has 0 unspecified atom stereocenters. The van der Waals surface area contributed by atoms with Gasteiger partial charge in [-0.05, 0) is 23.6 Å². The van der Waals surface area contributed by atoms with Gasteiger partial charge in [0, 0.05) is 12.4 Å². The quantitative estimate of drug-likeness (QED) is 0.867. The molecule has 0 bridgehead atoms. The third kappa shape index (κ3) is 3.84. The normalized spacial score (nSPS) is 10.5. The number of amides is 1. The highest BCUT2D eigenvalue weighted by Crippen LogP contribution is 2.19. The Morgan fingerprint density at radius 3 is 3.00 bits per heavy atom. The van der Waals surface area contributed by atoms with Crippen molar-refractivity contribution in [3.8, 4) is 5.75 Å². The van der Waals surface area contributed by atoms with Crippen LogP contribution in [0.2, 0.25) is 0 Å². The Morgan fingerprint density at radius 2 is 2.32 bits per heavy atom. The van der Waals surface area contributed by atoms with Crippen LogP contribution >= 0.6 is 0 Å². The van der Waals surface area contributed by atoms with E-state index in [4.69, 9.17) is 4.74 Å². The Balaban J connectivity index is 1.88. The number of imidazole rings is 1. The number of carbonyl (C=O) groups is 1. The third-order valence-corrected chi connectivity index (χ3v) is 2.65. The third-order valence-electron chi connectivity index (χ3n) is 2.65. The number of anilines is 1. The number of aromatic amines is 1. The van der Waals surface area contributed by atoms with Crippen LogP contribution in [0.4, 0.5) is 5.95 Å². The Labute approximate surface area is 112 Å². The molecule has 0 radical (unpaired) electrons. The van der Waals surface area contributed by atoms with Gasteiger partial charge in [-0.15, -0.1) is 0 Å². The first-order valence-corrected chi connectivity index (χ1v) is 6.17. The molecular formula is C14H17N3O2. The van der Waals surface area contributed by atoms with Gasteiger partial charge in [-0.2, -0.15) is 0 Å².